The molecule has 0 spiro atoms. The highest BCUT2D eigenvalue weighted by molar-refractivity contribution is 7.89. The first kappa shape index (κ1) is 21.6. The molecule has 1 heterocycles. The minimum atomic E-state index is -3.73. The predicted molar refractivity (Wildman–Crippen MR) is 110 cm³/mol. The number of halogens is 1. The average Bonchev–Trinajstić information content (AvgIpc) is 2.73. The number of rotatable bonds is 6. The van der Waals surface area contributed by atoms with E-state index >= 15 is 0 Å². The average molecular weight is 439 g/mol. The maximum Gasteiger partial charge on any atom is 0.255 e. The fourth-order valence-corrected chi connectivity index (χ4v) is 4.73. The molecule has 1 N–H and O–H groups in total. The molecule has 2 aromatic carbocycles. The fraction of sp³-hybridized carbons (Fsp3) is 0.350. The summed E-state index contributed by atoms with van der Waals surface area (Å²) in [5, 5.41) is 3.44. The number of hydrogen-bond donors (Lipinski definition) is 1. The lowest BCUT2D eigenvalue weighted by Gasteiger charge is -2.26. The lowest BCUT2D eigenvalue weighted by atomic mass is 10.1. The van der Waals surface area contributed by atoms with Crippen LogP contribution in [0.1, 0.15) is 28.9 Å². The van der Waals surface area contributed by atoms with Crippen LogP contribution in [-0.2, 0) is 14.8 Å². The first-order valence-electron chi connectivity index (χ1n) is 9.15. The Morgan fingerprint density at radius 2 is 1.93 bits per heavy atom. The van der Waals surface area contributed by atoms with Crippen LogP contribution in [0, 0.1) is 0 Å². The molecule has 3 rings (SSSR count). The monoisotopic (exact) mass is 438 g/mol. The zero-order valence-corrected chi connectivity index (χ0v) is 17.8. The molecule has 1 fully saturated rings. The van der Waals surface area contributed by atoms with Gasteiger partial charge >= 0.3 is 0 Å². The summed E-state index contributed by atoms with van der Waals surface area (Å²) in [7, 11) is -2.30. The summed E-state index contributed by atoms with van der Waals surface area (Å²) in [6.07, 6.45) is 0. The van der Waals surface area contributed by atoms with Gasteiger partial charge < -0.3 is 14.8 Å². The van der Waals surface area contributed by atoms with Crippen LogP contribution in [0.4, 0.5) is 0 Å². The highest BCUT2D eigenvalue weighted by Crippen LogP contribution is 2.26. The summed E-state index contributed by atoms with van der Waals surface area (Å²) in [5.74, 6) is -0.143. The van der Waals surface area contributed by atoms with Crippen molar-refractivity contribution in [3.05, 3.63) is 58.6 Å². The summed E-state index contributed by atoms with van der Waals surface area (Å²) < 4.78 is 37.7. The van der Waals surface area contributed by atoms with Crippen LogP contribution in [-0.4, -0.2) is 52.0 Å². The number of nitrogens with one attached hydrogen (secondary N) is 1. The van der Waals surface area contributed by atoms with E-state index in [2.05, 4.69) is 5.32 Å². The highest BCUT2D eigenvalue weighted by atomic mass is 35.5. The van der Waals surface area contributed by atoms with Crippen molar-refractivity contribution in [1.82, 2.24) is 9.62 Å². The molecule has 0 saturated carbocycles. The van der Waals surface area contributed by atoms with Gasteiger partial charge in [0.15, 0.2) is 0 Å². The standard InChI is InChI=1S/C20H23ClN2O5S/c1-14(15-4-3-5-16(21)12-15)22-20(24)18-13-17(6-7-19(18)27-2)29(25,26)23-8-10-28-11-9-23/h3-7,12-14H,8-11H2,1-2H3,(H,22,24). The molecule has 1 saturated heterocycles. The first-order chi connectivity index (χ1) is 13.8. The molecule has 1 aliphatic heterocycles. The molecule has 0 bridgehead atoms. The van der Waals surface area contributed by atoms with Crippen molar-refractivity contribution in [3.63, 3.8) is 0 Å². The molecule has 1 amide bonds. The summed E-state index contributed by atoms with van der Waals surface area (Å²) in [5.41, 5.74) is 0.984. The van der Waals surface area contributed by atoms with Crippen molar-refractivity contribution in [2.75, 3.05) is 33.4 Å². The molecule has 1 unspecified atom stereocenters. The molecule has 156 valence electrons. The largest absolute Gasteiger partial charge is 0.496 e. The highest BCUT2D eigenvalue weighted by Gasteiger charge is 2.28. The van der Waals surface area contributed by atoms with Gasteiger partial charge in [0.05, 0.1) is 36.8 Å². The van der Waals surface area contributed by atoms with Gasteiger partial charge in [-0.3, -0.25) is 4.79 Å². The van der Waals surface area contributed by atoms with Gasteiger partial charge in [-0.2, -0.15) is 4.31 Å². The maximum absolute atomic E-state index is 12.9. The van der Waals surface area contributed by atoms with Crippen LogP contribution in [0.25, 0.3) is 0 Å². The van der Waals surface area contributed by atoms with Crippen LogP contribution < -0.4 is 10.1 Å². The number of carbonyl (C=O) groups excluding carboxylic acids is 1. The lowest BCUT2D eigenvalue weighted by Crippen LogP contribution is -2.40. The van der Waals surface area contributed by atoms with Gasteiger partial charge in [-0.1, -0.05) is 23.7 Å². The molecule has 0 aromatic heterocycles. The summed E-state index contributed by atoms with van der Waals surface area (Å²) in [4.78, 5) is 12.9. The van der Waals surface area contributed by atoms with E-state index in [9.17, 15) is 13.2 Å². The second-order valence-corrected chi connectivity index (χ2v) is 9.00. The minimum Gasteiger partial charge on any atom is -0.496 e. The number of nitrogens with zero attached hydrogens (tertiary/aromatic N) is 1. The van der Waals surface area contributed by atoms with Crippen molar-refractivity contribution in [2.45, 2.75) is 17.9 Å². The van der Waals surface area contributed by atoms with E-state index in [1.165, 1.54) is 29.6 Å². The topological polar surface area (TPSA) is 84.9 Å². The number of hydrogen-bond acceptors (Lipinski definition) is 5. The van der Waals surface area contributed by atoms with E-state index in [1.807, 2.05) is 13.0 Å². The van der Waals surface area contributed by atoms with E-state index in [0.29, 0.717) is 24.0 Å². The third-order valence-electron chi connectivity index (χ3n) is 4.72. The van der Waals surface area contributed by atoms with Crippen LogP contribution in [0.2, 0.25) is 5.02 Å². The van der Waals surface area contributed by atoms with Gasteiger partial charge in [0.2, 0.25) is 10.0 Å². The Morgan fingerprint density at radius 1 is 1.21 bits per heavy atom. The number of amides is 1. The zero-order chi connectivity index (χ0) is 21.0. The number of methoxy groups -OCH3 is 1. The lowest BCUT2D eigenvalue weighted by molar-refractivity contribution is 0.0730. The Morgan fingerprint density at radius 3 is 2.59 bits per heavy atom. The number of morpholine rings is 1. The second-order valence-electron chi connectivity index (χ2n) is 6.63. The molecule has 1 atom stereocenters. The third-order valence-corrected chi connectivity index (χ3v) is 6.85. The summed E-state index contributed by atoms with van der Waals surface area (Å²) in [6, 6.07) is 11.1. The van der Waals surface area contributed by atoms with Gasteiger partial charge in [0, 0.05) is 18.1 Å². The number of sulfonamides is 1. The second kappa shape index (κ2) is 9.13. The SMILES string of the molecule is COc1ccc(S(=O)(=O)N2CCOCC2)cc1C(=O)NC(C)c1cccc(Cl)c1. The number of carbonyl (C=O) groups is 1. The Balaban J connectivity index is 1.87. The molecule has 0 radical (unpaired) electrons. The summed E-state index contributed by atoms with van der Waals surface area (Å²) >= 11 is 6.02. The van der Waals surface area contributed by atoms with Crippen molar-refractivity contribution < 1.29 is 22.7 Å². The number of ether oxygens (including phenoxy) is 2. The quantitative estimate of drug-likeness (QED) is 0.749. The molecule has 2 aromatic rings. The molecule has 9 heteroatoms. The normalized spacial score (nSPS) is 16.2. The van der Waals surface area contributed by atoms with Gasteiger partial charge in [-0.05, 0) is 42.8 Å². The predicted octanol–water partition coefficient (Wildman–Crippen LogP) is 2.86. The van der Waals surface area contributed by atoms with Crippen LogP contribution >= 0.6 is 11.6 Å². The Bertz CT molecular complexity index is 990. The maximum atomic E-state index is 12.9. The van der Waals surface area contributed by atoms with Crippen LogP contribution in [0.5, 0.6) is 5.75 Å². The van der Waals surface area contributed by atoms with Crippen LogP contribution in [0.3, 0.4) is 0 Å². The summed E-state index contributed by atoms with van der Waals surface area (Å²) in [6.45, 7) is 3.08. The molecular weight excluding hydrogens is 416 g/mol. The van der Waals surface area contributed by atoms with Crippen molar-refractivity contribution in [3.8, 4) is 5.75 Å². The van der Waals surface area contributed by atoms with E-state index in [4.69, 9.17) is 21.1 Å². The Labute approximate surface area is 175 Å². The molecule has 7 nitrogen and oxygen atoms in total. The van der Waals surface area contributed by atoms with Gasteiger partial charge in [0.1, 0.15) is 5.75 Å². The Hall–Kier alpha value is -2.13. The van der Waals surface area contributed by atoms with Gasteiger partial charge in [-0.25, -0.2) is 8.42 Å². The van der Waals surface area contributed by atoms with E-state index in [0.717, 1.165) is 5.56 Å². The van der Waals surface area contributed by atoms with E-state index < -0.39 is 15.9 Å². The Kier molecular flexibility index (Phi) is 6.79. The van der Waals surface area contributed by atoms with E-state index in [1.54, 1.807) is 18.2 Å². The molecule has 29 heavy (non-hydrogen) atoms. The zero-order valence-electron chi connectivity index (χ0n) is 16.2. The molecule has 0 aliphatic carbocycles. The minimum absolute atomic E-state index is 0.0424. The fourth-order valence-electron chi connectivity index (χ4n) is 3.09. The van der Waals surface area contributed by atoms with Crippen molar-refractivity contribution in [2.24, 2.45) is 0 Å². The van der Waals surface area contributed by atoms with Crippen LogP contribution in [0.15, 0.2) is 47.4 Å². The van der Waals surface area contributed by atoms with Crippen molar-refractivity contribution >= 4 is 27.5 Å². The number of benzene rings is 2. The van der Waals surface area contributed by atoms with Gasteiger partial charge in [0.25, 0.3) is 5.91 Å². The molecular formula is C20H23ClN2O5S. The van der Waals surface area contributed by atoms with Gasteiger partial charge in [-0.15, -0.1) is 0 Å². The van der Waals surface area contributed by atoms with Crippen molar-refractivity contribution in [1.29, 1.82) is 0 Å². The third kappa shape index (κ3) is 4.90. The smallest absolute Gasteiger partial charge is 0.255 e. The molecule has 1 aliphatic rings. The first-order valence-corrected chi connectivity index (χ1v) is 11.0. The van der Waals surface area contributed by atoms with E-state index in [-0.39, 0.29) is 29.6 Å².